The highest BCUT2D eigenvalue weighted by Crippen LogP contribution is 2.35. The number of benzene rings is 2. The highest BCUT2D eigenvalue weighted by molar-refractivity contribution is 6.39. The molecule has 4 rings (SSSR count). The van der Waals surface area contributed by atoms with E-state index in [2.05, 4.69) is 10.3 Å². The Balaban J connectivity index is 1.70. The number of aromatic amines is 1. The lowest BCUT2D eigenvalue weighted by Gasteiger charge is -2.16. The minimum atomic E-state index is -0.586. The van der Waals surface area contributed by atoms with E-state index < -0.39 is 11.2 Å². The zero-order valence-electron chi connectivity index (χ0n) is 16.8. The number of carbonyl (C=O) groups is 1. The lowest BCUT2D eigenvalue weighted by Crippen LogP contribution is -2.34. The molecule has 1 heterocycles. The molecule has 0 bridgehead atoms. The molecule has 0 radical (unpaired) electrons. The normalized spacial score (nSPS) is 15.0. The quantitative estimate of drug-likeness (QED) is 0.317. The first-order valence-electron chi connectivity index (χ1n) is 10.3. The van der Waals surface area contributed by atoms with Crippen LogP contribution in [0.5, 0.6) is 5.75 Å². The number of amides is 1. The number of rotatable bonds is 3. The smallest absolute Gasteiger partial charge is 0.251 e. The van der Waals surface area contributed by atoms with Crippen LogP contribution in [-0.4, -0.2) is 22.0 Å². The van der Waals surface area contributed by atoms with Crippen LogP contribution in [0.3, 0.4) is 0 Å². The summed E-state index contributed by atoms with van der Waals surface area (Å²) in [6, 6.07) is 8.02. The van der Waals surface area contributed by atoms with Gasteiger partial charge in [-0.15, -0.1) is 0 Å². The Kier molecular flexibility index (Phi) is 6.12. The van der Waals surface area contributed by atoms with Gasteiger partial charge in [-0.3, -0.25) is 9.59 Å². The predicted molar refractivity (Wildman–Crippen MR) is 125 cm³/mol. The molecule has 1 aromatic heterocycles. The van der Waals surface area contributed by atoms with E-state index >= 15 is 0 Å². The number of pyridine rings is 1. The Labute approximate surface area is 189 Å². The first kappa shape index (κ1) is 21.5. The SMILES string of the molecule is Nc1c(Cl)cc(-c2[nH]c3ccc(C(=O)NC4CCCCCC4)cc3c(=O)c2O)cc1Cl. The standard InChI is InChI=1S/C23H23Cl2N3O3/c24-16-10-13(11-17(25)19(16)26)20-22(30)21(29)15-9-12(7-8-18(15)28-20)23(31)27-14-5-3-1-2-4-6-14/h7-11,14,30H,1-6,26H2,(H,27,31)(H,28,29). The van der Waals surface area contributed by atoms with Crippen LogP contribution in [0, 0.1) is 0 Å². The van der Waals surface area contributed by atoms with E-state index in [0.717, 1.165) is 25.7 Å². The summed E-state index contributed by atoms with van der Waals surface area (Å²) < 4.78 is 0. The predicted octanol–water partition coefficient (Wildman–Crippen LogP) is 5.24. The number of aromatic nitrogens is 1. The Hall–Kier alpha value is -2.70. The van der Waals surface area contributed by atoms with Crippen molar-refractivity contribution in [3.8, 4) is 17.0 Å². The molecule has 6 nitrogen and oxygen atoms in total. The molecule has 0 unspecified atom stereocenters. The van der Waals surface area contributed by atoms with Gasteiger partial charge in [0.1, 0.15) is 0 Å². The van der Waals surface area contributed by atoms with Gasteiger partial charge in [-0.2, -0.15) is 0 Å². The van der Waals surface area contributed by atoms with Crippen molar-refractivity contribution in [2.45, 2.75) is 44.6 Å². The van der Waals surface area contributed by atoms with Crippen LogP contribution in [0.1, 0.15) is 48.9 Å². The van der Waals surface area contributed by atoms with Gasteiger partial charge >= 0.3 is 0 Å². The van der Waals surface area contributed by atoms with Gasteiger partial charge in [-0.1, -0.05) is 48.9 Å². The number of aromatic hydroxyl groups is 1. The van der Waals surface area contributed by atoms with E-state index in [1.54, 1.807) is 12.1 Å². The van der Waals surface area contributed by atoms with Gasteiger partial charge in [-0.25, -0.2) is 0 Å². The Morgan fingerprint density at radius 3 is 2.35 bits per heavy atom. The van der Waals surface area contributed by atoms with Gasteiger partial charge < -0.3 is 21.1 Å². The Bertz CT molecular complexity index is 1190. The van der Waals surface area contributed by atoms with Crippen LogP contribution in [0.2, 0.25) is 10.0 Å². The first-order chi connectivity index (χ1) is 14.8. The van der Waals surface area contributed by atoms with E-state index in [1.807, 2.05) is 0 Å². The summed E-state index contributed by atoms with van der Waals surface area (Å²) in [6.07, 6.45) is 6.55. The molecule has 3 aromatic rings. The van der Waals surface area contributed by atoms with Gasteiger partial charge in [0.15, 0.2) is 5.75 Å². The Morgan fingerprint density at radius 2 is 1.71 bits per heavy atom. The van der Waals surface area contributed by atoms with Crippen molar-refractivity contribution in [2.24, 2.45) is 0 Å². The average molecular weight is 460 g/mol. The molecule has 5 N–H and O–H groups in total. The van der Waals surface area contributed by atoms with Gasteiger partial charge in [0.25, 0.3) is 5.91 Å². The van der Waals surface area contributed by atoms with Crippen LogP contribution >= 0.6 is 23.2 Å². The number of halogens is 2. The highest BCUT2D eigenvalue weighted by atomic mass is 35.5. The summed E-state index contributed by atoms with van der Waals surface area (Å²) in [5.74, 6) is -0.695. The van der Waals surface area contributed by atoms with Crippen molar-refractivity contribution >= 4 is 45.7 Å². The van der Waals surface area contributed by atoms with E-state index in [0.29, 0.717) is 16.6 Å². The fourth-order valence-electron chi connectivity index (χ4n) is 4.05. The maximum absolute atomic E-state index is 12.9. The molecule has 1 saturated carbocycles. The molecule has 0 spiro atoms. The van der Waals surface area contributed by atoms with Crippen molar-refractivity contribution in [1.29, 1.82) is 0 Å². The van der Waals surface area contributed by atoms with Gasteiger partial charge in [0, 0.05) is 17.2 Å². The summed E-state index contributed by atoms with van der Waals surface area (Å²) in [7, 11) is 0. The molecule has 2 aromatic carbocycles. The number of nitrogen functional groups attached to an aromatic ring is 1. The number of carbonyl (C=O) groups excluding carboxylic acids is 1. The van der Waals surface area contributed by atoms with E-state index in [9.17, 15) is 14.7 Å². The van der Waals surface area contributed by atoms with Gasteiger partial charge in [0.2, 0.25) is 5.43 Å². The fraction of sp³-hybridized carbons (Fsp3) is 0.304. The minimum Gasteiger partial charge on any atom is -0.503 e. The second-order valence-corrected chi connectivity index (χ2v) is 8.77. The van der Waals surface area contributed by atoms with Crippen LogP contribution < -0.4 is 16.5 Å². The van der Waals surface area contributed by atoms with Crippen molar-refractivity contribution in [1.82, 2.24) is 10.3 Å². The molecule has 31 heavy (non-hydrogen) atoms. The highest BCUT2D eigenvalue weighted by Gasteiger charge is 2.19. The molecule has 1 aliphatic carbocycles. The molecule has 0 saturated heterocycles. The molecule has 162 valence electrons. The maximum Gasteiger partial charge on any atom is 0.251 e. The van der Waals surface area contributed by atoms with E-state index in [1.165, 1.54) is 31.0 Å². The molecule has 1 fully saturated rings. The third-order valence-corrected chi connectivity index (χ3v) is 6.42. The molecule has 8 heteroatoms. The van der Waals surface area contributed by atoms with Crippen molar-refractivity contribution < 1.29 is 9.90 Å². The number of fused-ring (bicyclic) bond motifs is 1. The molecule has 0 aliphatic heterocycles. The van der Waals surface area contributed by atoms with Gasteiger partial charge in [0.05, 0.1) is 32.3 Å². The van der Waals surface area contributed by atoms with E-state index in [-0.39, 0.29) is 38.8 Å². The summed E-state index contributed by atoms with van der Waals surface area (Å²) in [4.78, 5) is 28.7. The zero-order valence-corrected chi connectivity index (χ0v) is 18.3. The van der Waals surface area contributed by atoms with Crippen LogP contribution in [-0.2, 0) is 0 Å². The second-order valence-electron chi connectivity index (χ2n) is 7.95. The summed E-state index contributed by atoms with van der Waals surface area (Å²) in [5, 5.41) is 14.3. The number of anilines is 1. The number of hydrogen-bond acceptors (Lipinski definition) is 4. The van der Waals surface area contributed by atoms with Crippen LogP contribution in [0.25, 0.3) is 22.2 Å². The third-order valence-electron chi connectivity index (χ3n) is 5.80. The third kappa shape index (κ3) is 4.36. The number of nitrogens with one attached hydrogen (secondary N) is 2. The lowest BCUT2D eigenvalue weighted by molar-refractivity contribution is 0.0933. The minimum absolute atomic E-state index is 0.153. The second kappa shape index (κ2) is 8.81. The molecule has 1 amide bonds. The monoisotopic (exact) mass is 459 g/mol. The summed E-state index contributed by atoms with van der Waals surface area (Å²) >= 11 is 12.2. The maximum atomic E-state index is 12.9. The van der Waals surface area contributed by atoms with Crippen molar-refractivity contribution in [3.05, 3.63) is 56.2 Å². The van der Waals surface area contributed by atoms with Crippen LogP contribution in [0.15, 0.2) is 35.1 Å². The largest absolute Gasteiger partial charge is 0.503 e. The van der Waals surface area contributed by atoms with Crippen molar-refractivity contribution in [2.75, 3.05) is 5.73 Å². The molecule has 1 aliphatic rings. The number of hydrogen-bond donors (Lipinski definition) is 4. The Morgan fingerprint density at radius 1 is 1.06 bits per heavy atom. The lowest BCUT2D eigenvalue weighted by atomic mass is 10.0. The van der Waals surface area contributed by atoms with E-state index in [4.69, 9.17) is 28.9 Å². The number of nitrogens with two attached hydrogens (primary N) is 1. The first-order valence-corrected chi connectivity index (χ1v) is 11.1. The fourth-order valence-corrected chi connectivity index (χ4v) is 4.53. The van der Waals surface area contributed by atoms with Crippen molar-refractivity contribution in [3.63, 3.8) is 0 Å². The summed E-state index contributed by atoms with van der Waals surface area (Å²) in [5.41, 5.74) is 6.87. The topological polar surface area (TPSA) is 108 Å². The number of H-pyrrole nitrogens is 1. The molecule has 0 atom stereocenters. The summed E-state index contributed by atoms with van der Waals surface area (Å²) in [6.45, 7) is 0. The zero-order chi connectivity index (χ0) is 22.1. The molecular weight excluding hydrogens is 437 g/mol. The average Bonchev–Trinajstić information content (AvgIpc) is 3.02. The van der Waals surface area contributed by atoms with Gasteiger partial charge in [-0.05, 0) is 43.2 Å². The molecular formula is C23H23Cl2N3O3. The van der Waals surface area contributed by atoms with Crippen LogP contribution in [0.4, 0.5) is 5.69 Å².